The summed E-state index contributed by atoms with van der Waals surface area (Å²) in [5.74, 6) is 0.307. The second-order valence-corrected chi connectivity index (χ2v) is 6.62. The number of hydrogen-bond acceptors (Lipinski definition) is 4. The van der Waals surface area contributed by atoms with E-state index >= 15 is 0 Å². The molecule has 1 unspecified atom stereocenters. The Labute approximate surface area is 145 Å². The van der Waals surface area contributed by atoms with Crippen molar-refractivity contribution in [2.45, 2.75) is 30.9 Å². The molecular weight excluding hydrogens is 324 g/mol. The van der Waals surface area contributed by atoms with Crippen LogP contribution < -0.4 is 4.74 Å². The number of benzene rings is 2. The highest BCUT2D eigenvalue weighted by Gasteiger charge is 2.22. The molecule has 0 heterocycles. The lowest BCUT2D eigenvalue weighted by Crippen LogP contribution is -2.13. The number of esters is 1. The van der Waals surface area contributed by atoms with Gasteiger partial charge in [-0.1, -0.05) is 37.3 Å². The van der Waals surface area contributed by atoms with Gasteiger partial charge in [-0.3, -0.25) is 4.21 Å². The lowest BCUT2D eigenvalue weighted by atomic mass is 10.0. The van der Waals surface area contributed by atoms with Crippen molar-refractivity contribution in [3.63, 3.8) is 0 Å². The van der Waals surface area contributed by atoms with Crippen LogP contribution >= 0.6 is 0 Å². The fourth-order valence-electron chi connectivity index (χ4n) is 2.52. The number of aryl methyl sites for hydroxylation is 1. The molecule has 0 spiro atoms. The maximum absolute atomic E-state index is 12.6. The lowest BCUT2D eigenvalue weighted by Gasteiger charge is -2.16. The molecule has 0 aromatic heterocycles. The fraction of sp³-hybridized carbons (Fsp3) is 0.316. The predicted octanol–water partition coefficient (Wildman–Crippen LogP) is 3.74. The Morgan fingerprint density at radius 2 is 1.71 bits per heavy atom. The third-order valence-electron chi connectivity index (χ3n) is 3.68. The highest BCUT2D eigenvalue weighted by atomic mass is 32.2. The van der Waals surface area contributed by atoms with Crippen LogP contribution in [-0.2, 0) is 27.7 Å². The zero-order chi connectivity index (χ0) is 17.5. The first kappa shape index (κ1) is 18.2. The molecule has 1 atom stereocenters. The molecular formula is C19H22O4S. The first-order valence-corrected chi connectivity index (χ1v) is 9.23. The van der Waals surface area contributed by atoms with E-state index in [1.807, 2.05) is 49.4 Å². The highest BCUT2D eigenvalue weighted by Crippen LogP contribution is 2.30. The van der Waals surface area contributed by atoms with Crippen LogP contribution in [0.25, 0.3) is 0 Å². The summed E-state index contributed by atoms with van der Waals surface area (Å²) >= 11 is 0. The Kier molecular flexibility index (Phi) is 6.55. The molecule has 0 aliphatic rings. The van der Waals surface area contributed by atoms with Crippen LogP contribution in [0.5, 0.6) is 5.75 Å². The van der Waals surface area contributed by atoms with E-state index < -0.39 is 16.8 Å². The van der Waals surface area contributed by atoms with E-state index in [9.17, 15) is 9.00 Å². The first-order chi connectivity index (χ1) is 11.6. The van der Waals surface area contributed by atoms with Gasteiger partial charge in [0.05, 0.1) is 30.3 Å². The number of ether oxygens (including phenoxy) is 2. The molecule has 0 aliphatic carbocycles. The molecule has 0 saturated carbocycles. The van der Waals surface area contributed by atoms with E-state index in [0.29, 0.717) is 16.9 Å². The molecule has 5 heteroatoms. The molecule has 0 radical (unpaired) electrons. The summed E-state index contributed by atoms with van der Waals surface area (Å²) in [6.45, 7) is 4.03. The summed E-state index contributed by atoms with van der Waals surface area (Å²) in [7, 11) is 0.290. The minimum absolute atomic E-state index is 0.235. The fourth-order valence-corrected chi connectivity index (χ4v) is 3.67. The van der Waals surface area contributed by atoms with E-state index in [-0.39, 0.29) is 12.4 Å². The van der Waals surface area contributed by atoms with E-state index in [1.165, 1.54) is 7.11 Å². The van der Waals surface area contributed by atoms with Crippen LogP contribution in [0.3, 0.4) is 0 Å². The van der Waals surface area contributed by atoms with Gasteiger partial charge >= 0.3 is 5.97 Å². The Bertz CT molecular complexity index is 726. The quantitative estimate of drug-likeness (QED) is 0.717. The van der Waals surface area contributed by atoms with Gasteiger partial charge in [0.25, 0.3) is 0 Å². The van der Waals surface area contributed by atoms with Crippen molar-refractivity contribution >= 4 is 16.8 Å². The van der Waals surface area contributed by atoms with Crippen molar-refractivity contribution < 1.29 is 18.5 Å². The summed E-state index contributed by atoms with van der Waals surface area (Å²) in [5.41, 5.74) is 1.97. The monoisotopic (exact) mass is 346 g/mol. The number of rotatable bonds is 7. The van der Waals surface area contributed by atoms with Gasteiger partial charge in [-0.25, -0.2) is 4.79 Å². The van der Waals surface area contributed by atoms with Crippen LogP contribution in [0.15, 0.2) is 47.4 Å². The predicted molar refractivity (Wildman–Crippen MR) is 94.9 cm³/mol. The van der Waals surface area contributed by atoms with Crippen molar-refractivity contribution in [3.8, 4) is 5.75 Å². The Balaban J connectivity index is 2.45. The van der Waals surface area contributed by atoms with E-state index in [4.69, 9.17) is 9.47 Å². The van der Waals surface area contributed by atoms with Crippen LogP contribution in [0.4, 0.5) is 0 Å². The van der Waals surface area contributed by atoms with Gasteiger partial charge in [0, 0.05) is 4.90 Å². The summed E-state index contributed by atoms with van der Waals surface area (Å²) in [5, 5.41) is 0. The number of methoxy groups -OCH3 is 1. The van der Waals surface area contributed by atoms with Crippen molar-refractivity contribution in [3.05, 3.63) is 59.2 Å². The highest BCUT2D eigenvalue weighted by molar-refractivity contribution is 7.84. The topological polar surface area (TPSA) is 52.6 Å². The standard InChI is InChI=1S/C19H22O4S/c1-4-14-11-12-15(13-24(21)16-9-7-6-8-10-16)17(18(14)22-3)19(20)23-5-2/h6-12H,4-5,13H2,1-3H3. The third-order valence-corrected chi connectivity index (χ3v) is 5.05. The van der Waals surface area contributed by atoms with Crippen molar-refractivity contribution in [2.24, 2.45) is 0 Å². The second-order valence-electron chi connectivity index (χ2n) is 5.17. The van der Waals surface area contributed by atoms with Gasteiger partial charge in [-0.15, -0.1) is 0 Å². The summed E-state index contributed by atoms with van der Waals surface area (Å²) in [6.07, 6.45) is 0.734. The lowest BCUT2D eigenvalue weighted by molar-refractivity contribution is 0.0521. The Morgan fingerprint density at radius 1 is 1.04 bits per heavy atom. The first-order valence-electron chi connectivity index (χ1n) is 7.91. The molecule has 2 aromatic rings. The number of carbonyl (C=O) groups excluding carboxylic acids is 1. The molecule has 0 fully saturated rings. The molecule has 128 valence electrons. The zero-order valence-corrected chi connectivity index (χ0v) is 15.0. The number of hydrogen-bond donors (Lipinski definition) is 0. The van der Waals surface area contributed by atoms with Crippen LogP contribution in [0.1, 0.15) is 35.3 Å². The van der Waals surface area contributed by atoms with Gasteiger partial charge in [-0.05, 0) is 36.6 Å². The number of carbonyl (C=O) groups is 1. The largest absolute Gasteiger partial charge is 0.496 e. The summed E-state index contributed by atoms with van der Waals surface area (Å²) in [6, 6.07) is 13.0. The zero-order valence-electron chi connectivity index (χ0n) is 14.2. The maximum atomic E-state index is 12.6. The van der Waals surface area contributed by atoms with Gasteiger partial charge in [0.15, 0.2) is 0 Å². The van der Waals surface area contributed by atoms with Crippen molar-refractivity contribution in [1.82, 2.24) is 0 Å². The maximum Gasteiger partial charge on any atom is 0.342 e. The summed E-state index contributed by atoms with van der Waals surface area (Å²) < 4.78 is 23.3. The molecule has 0 bridgehead atoms. The summed E-state index contributed by atoms with van der Waals surface area (Å²) in [4.78, 5) is 13.2. The normalized spacial score (nSPS) is 11.8. The van der Waals surface area contributed by atoms with Gasteiger partial charge in [-0.2, -0.15) is 0 Å². The van der Waals surface area contributed by atoms with Gasteiger partial charge in [0.1, 0.15) is 11.3 Å². The van der Waals surface area contributed by atoms with Gasteiger partial charge in [0.2, 0.25) is 0 Å². The van der Waals surface area contributed by atoms with Gasteiger partial charge < -0.3 is 9.47 Å². The molecule has 2 aromatic carbocycles. The molecule has 0 saturated heterocycles. The van der Waals surface area contributed by atoms with Crippen LogP contribution in [0, 0.1) is 0 Å². The second kappa shape index (κ2) is 8.64. The molecule has 0 N–H and O–H groups in total. The smallest absolute Gasteiger partial charge is 0.342 e. The van der Waals surface area contributed by atoms with Crippen LogP contribution in [-0.4, -0.2) is 23.9 Å². The van der Waals surface area contributed by atoms with E-state index in [2.05, 4.69) is 0 Å². The molecule has 24 heavy (non-hydrogen) atoms. The molecule has 0 amide bonds. The third kappa shape index (κ3) is 4.03. The van der Waals surface area contributed by atoms with Crippen molar-refractivity contribution in [2.75, 3.05) is 13.7 Å². The molecule has 2 rings (SSSR count). The average molecular weight is 346 g/mol. The Morgan fingerprint density at radius 3 is 2.29 bits per heavy atom. The SMILES string of the molecule is CCOC(=O)c1c(CS(=O)c2ccccc2)ccc(CC)c1OC. The Hall–Kier alpha value is -2.14. The minimum Gasteiger partial charge on any atom is -0.496 e. The van der Waals surface area contributed by atoms with Crippen molar-refractivity contribution in [1.29, 1.82) is 0 Å². The van der Waals surface area contributed by atoms with E-state index in [0.717, 1.165) is 16.9 Å². The average Bonchev–Trinajstić information content (AvgIpc) is 2.61. The van der Waals surface area contributed by atoms with Crippen LogP contribution in [0.2, 0.25) is 0 Å². The van der Waals surface area contributed by atoms with E-state index in [1.54, 1.807) is 6.92 Å². The molecule has 0 aliphatic heterocycles. The molecule has 4 nitrogen and oxygen atoms in total. The minimum atomic E-state index is -1.25.